The molecule has 0 bridgehead atoms. The van der Waals surface area contributed by atoms with Crippen molar-refractivity contribution in [2.75, 3.05) is 26.3 Å². The third-order valence-corrected chi connectivity index (χ3v) is 2.88. The molecule has 2 rings (SSSR count). The maximum absolute atomic E-state index is 11.5. The molecule has 1 unspecified atom stereocenters. The third-order valence-electron chi connectivity index (χ3n) is 2.88. The van der Waals surface area contributed by atoms with Gasteiger partial charge in [0.05, 0.1) is 12.6 Å². The fraction of sp³-hybridized carbons (Fsp3) is 0.900. The van der Waals surface area contributed by atoms with Crippen LogP contribution in [0.5, 0.6) is 0 Å². The van der Waals surface area contributed by atoms with Gasteiger partial charge in [-0.15, -0.1) is 0 Å². The number of carbonyl (C=O) groups excluding carboxylic acids is 1. The minimum absolute atomic E-state index is 0.0904. The van der Waals surface area contributed by atoms with Crippen LogP contribution in [0.2, 0.25) is 0 Å². The van der Waals surface area contributed by atoms with Gasteiger partial charge in [-0.25, -0.2) is 9.80 Å². The molecular weight excluding hydrogens is 194 g/mol. The summed E-state index contributed by atoms with van der Waals surface area (Å²) >= 11 is 0. The van der Waals surface area contributed by atoms with Crippen LogP contribution in [0.3, 0.4) is 0 Å². The summed E-state index contributed by atoms with van der Waals surface area (Å²) in [6, 6.07) is 0.0993. The van der Waals surface area contributed by atoms with Crippen molar-refractivity contribution in [2.45, 2.75) is 31.7 Å². The van der Waals surface area contributed by atoms with Crippen LogP contribution in [0.1, 0.15) is 25.7 Å². The normalized spacial score (nSPS) is 27.6. The Hall–Kier alpha value is -0.810. The summed E-state index contributed by atoms with van der Waals surface area (Å²) in [5.41, 5.74) is 2.87. The van der Waals surface area contributed by atoms with Crippen LogP contribution in [0, 0.1) is 0 Å². The second-order valence-electron chi connectivity index (χ2n) is 4.19. The number of carbonyl (C=O) groups is 1. The van der Waals surface area contributed by atoms with Crippen LogP contribution in [-0.2, 0) is 4.74 Å². The Labute approximate surface area is 90.1 Å². The molecule has 0 radical (unpaired) electrons. The number of piperidine rings is 1. The number of hydrazine groups is 1. The maximum atomic E-state index is 11.5. The molecular formula is C10H19N3O2. The predicted molar refractivity (Wildman–Crippen MR) is 56.3 cm³/mol. The summed E-state index contributed by atoms with van der Waals surface area (Å²) in [6.45, 7) is 3.34. The Morgan fingerprint density at radius 1 is 1.27 bits per heavy atom. The van der Waals surface area contributed by atoms with E-state index in [0.29, 0.717) is 6.61 Å². The number of nitrogens with one attached hydrogen (secondary N) is 2. The first kappa shape index (κ1) is 10.7. The van der Waals surface area contributed by atoms with Gasteiger partial charge in [0.1, 0.15) is 0 Å². The maximum Gasteiger partial charge on any atom is 0.329 e. The van der Waals surface area contributed by atoms with Crippen LogP contribution in [-0.4, -0.2) is 43.4 Å². The highest BCUT2D eigenvalue weighted by Crippen LogP contribution is 2.06. The smallest absolute Gasteiger partial charge is 0.329 e. The highest BCUT2D eigenvalue weighted by atomic mass is 16.5. The van der Waals surface area contributed by atoms with Gasteiger partial charge in [-0.05, 0) is 19.3 Å². The van der Waals surface area contributed by atoms with Gasteiger partial charge in [0.25, 0.3) is 0 Å². The molecule has 2 amide bonds. The molecule has 2 heterocycles. The lowest BCUT2D eigenvalue weighted by atomic mass is 10.2. The topological polar surface area (TPSA) is 53.6 Å². The van der Waals surface area contributed by atoms with Crippen molar-refractivity contribution in [1.82, 2.24) is 15.8 Å². The zero-order chi connectivity index (χ0) is 10.5. The second-order valence-corrected chi connectivity index (χ2v) is 4.19. The van der Waals surface area contributed by atoms with Crippen molar-refractivity contribution in [3.63, 3.8) is 0 Å². The molecule has 0 aromatic carbocycles. The summed E-state index contributed by atoms with van der Waals surface area (Å²) in [5, 5.41) is 4.90. The van der Waals surface area contributed by atoms with E-state index in [0.717, 1.165) is 26.1 Å². The average Bonchev–Trinajstić information content (AvgIpc) is 2.71. The zero-order valence-electron chi connectivity index (χ0n) is 9.00. The molecule has 0 aromatic rings. The summed E-state index contributed by atoms with van der Waals surface area (Å²) < 4.78 is 5.19. The number of urea groups is 1. The number of ether oxygens (including phenoxy) is 1. The number of hydrogen-bond acceptors (Lipinski definition) is 3. The fourth-order valence-corrected chi connectivity index (χ4v) is 2.02. The van der Waals surface area contributed by atoms with Gasteiger partial charge in [0.15, 0.2) is 0 Å². The highest BCUT2D eigenvalue weighted by molar-refractivity contribution is 5.73. The third kappa shape index (κ3) is 3.35. The molecule has 0 saturated carbocycles. The molecule has 0 spiro atoms. The summed E-state index contributed by atoms with van der Waals surface area (Å²) in [4.78, 5) is 11.5. The van der Waals surface area contributed by atoms with E-state index in [-0.39, 0.29) is 12.1 Å². The van der Waals surface area contributed by atoms with Gasteiger partial charge in [-0.3, -0.25) is 5.43 Å². The Morgan fingerprint density at radius 3 is 2.73 bits per heavy atom. The lowest BCUT2D eigenvalue weighted by molar-refractivity contribution is 0.150. The molecule has 2 saturated heterocycles. The molecule has 2 aliphatic heterocycles. The van der Waals surface area contributed by atoms with E-state index >= 15 is 0 Å². The van der Waals surface area contributed by atoms with Crippen molar-refractivity contribution in [1.29, 1.82) is 0 Å². The molecule has 86 valence electrons. The largest absolute Gasteiger partial charge is 0.379 e. The Bertz CT molecular complexity index is 211. The summed E-state index contributed by atoms with van der Waals surface area (Å²) in [6.07, 6.45) is 4.54. The van der Waals surface area contributed by atoms with E-state index in [1.54, 1.807) is 0 Å². The molecule has 0 aromatic heterocycles. The van der Waals surface area contributed by atoms with E-state index in [1.807, 2.05) is 5.01 Å². The van der Waals surface area contributed by atoms with Crippen molar-refractivity contribution in [2.24, 2.45) is 0 Å². The summed E-state index contributed by atoms with van der Waals surface area (Å²) in [7, 11) is 0. The van der Waals surface area contributed by atoms with Gasteiger partial charge in [0.2, 0.25) is 0 Å². The first-order valence-corrected chi connectivity index (χ1v) is 5.74. The van der Waals surface area contributed by atoms with Gasteiger partial charge in [0, 0.05) is 19.7 Å². The fourth-order valence-electron chi connectivity index (χ4n) is 2.02. The highest BCUT2D eigenvalue weighted by Gasteiger charge is 2.19. The molecule has 0 aliphatic carbocycles. The quantitative estimate of drug-likeness (QED) is 0.701. The Kier molecular flexibility index (Phi) is 3.80. The van der Waals surface area contributed by atoms with E-state index in [2.05, 4.69) is 10.7 Å². The van der Waals surface area contributed by atoms with Gasteiger partial charge < -0.3 is 10.1 Å². The molecule has 2 N–H and O–H groups in total. The van der Waals surface area contributed by atoms with Crippen molar-refractivity contribution < 1.29 is 9.53 Å². The second kappa shape index (κ2) is 5.32. The van der Waals surface area contributed by atoms with E-state index in [4.69, 9.17) is 4.74 Å². The standard InChI is InChI=1S/C10H19N3O2/c14-10(11-9-4-7-15-8-9)12-13-5-2-1-3-6-13/h9H,1-8H2,(H2,11,12,14). The molecule has 2 fully saturated rings. The number of nitrogens with zero attached hydrogens (tertiary/aromatic N) is 1. The van der Waals surface area contributed by atoms with Gasteiger partial charge >= 0.3 is 6.03 Å². The lowest BCUT2D eigenvalue weighted by Gasteiger charge is -2.27. The van der Waals surface area contributed by atoms with Crippen LogP contribution >= 0.6 is 0 Å². The van der Waals surface area contributed by atoms with E-state index < -0.39 is 0 Å². The Morgan fingerprint density at radius 2 is 2.07 bits per heavy atom. The monoisotopic (exact) mass is 213 g/mol. The van der Waals surface area contributed by atoms with Crippen LogP contribution in [0.15, 0.2) is 0 Å². The van der Waals surface area contributed by atoms with Gasteiger partial charge in [-0.2, -0.15) is 0 Å². The molecule has 1 atom stereocenters. The van der Waals surface area contributed by atoms with Gasteiger partial charge in [-0.1, -0.05) is 6.42 Å². The first-order valence-electron chi connectivity index (χ1n) is 5.74. The number of amides is 2. The van der Waals surface area contributed by atoms with Crippen molar-refractivity contribution in [3.8, 4) is 0 Å². The van der Waals surface area contributed by atoms with Crippen LogP contribution in [0.4, 0.5) is 4.79 Å². The van der Waals surface area contributed by atoms with Crippen LogP contribution in [0.25, 0.3) is 0 Å². The molecule has 5 nitrogen and oxygen atoms in total. The molecule has 5 heteroatoms. The lowest BCUT2D eigenvalue weighted by Crippen LogP contribution is -2.51. The molecule has 15 heavy (non-hydrogen) atoms. The zero-order valence-corrected chi connectivity index (χ0v) is 9.00. The van der Waals surface area contributed by atoms with Crippen molar-refractivity contribution >= 4 is 6.03 Å². The average molecular weight is 213 g/mol. The predicted octanol–water partition coefficient (Wildman–Crippen LogP) is 0.475. The SMILES string of the molecule is O=C(NC1CCOC1)NN1CCCCC1. The minimum atomic E-state index is -0.0904. The number of rotatable bonds is 2. The Balaban J connectivity index is 1.66. The first-order chi connectivity index (χ1) is 7.34. The van der Waals surface area contributed by atoms with Crippen molar-refractivity contribution in [3.05, 3.63) is 0 Å². The van der Waals surface area contributed by atoms with Crippen LogP contribution < -0.4 is 10.7 Å². The van der Waals surface area contributed by atoms with E-state index in [9.17, 15) is 4.79 Å². The summed E-state index contributed by atoms with van der Waals surface area (Å²) in [5.74, 6) is 0. The van der Waals surface area contributed by atoms with E-state index in [1.165, 1.54) is 19.3 Å². The molecule has 2 aliphatic rings. The minimum Gasteiger partial charge on any atom is -0.379 e. The number of hydrogen-bond donors (Lipinski definition) is 2.